The number of carboxylic acid groups (broad SMARTS) is 1. The first-order chi connectivity index (χ1) is 13.6. The third kappa shape index (κ3) is 4.10. The maximum absolute atomic E-state index is 11.4. The minimum absolute atomic E-state index is 0.325. The molecule has 0 saturated carbocycles. The van der Waals surface area contributed by atoms with Crippen LogP contribution in [0.15, 0.2) is 46.2 Å². The number of hydrogen-bond donors (Lipinski definition) is 1. The number of benzene rings is 1. The summed E-state index contributed by atoms with van der Waals surface area (Å²) < 4.78 is 11.7. The second-order valence-corrected chi connectivity index (χ2v) is 7.85. The van der Waals surface area contributed by atoms with Crippen LogP contribution in [0.1, 0.15) is 29.9 Å². The van der Waals surface area contributed by atoms with Gasteiger partial charge in [0.1, 0.15) is 29.9 Å². The van der Waals surface area contributed by atoms with Gasteiger partial charge in [0.05, 0.1) is 4.88 Å². The topological polar surface area (TPSA) is 75.8 Å². The first-order valence-electron chi connectivity index (χ1n) is 9.29. The van der Waals surface area contributed by atoms with Gasteiger partial charge in [0.15, 0.2) is 0 Å². The summed E-state index contributed by atoms with van der Waals surface area (Å²) in [4.78, 5) is 18.9. The lowest BCUT2D eigenvalue weighted by atomic mass is 10.1. The van der Waals surface area contributed by atoms with Gasteiger partial charge < -0.3 is 14.3 Å². The van der Waals surface area contributed by atoms with Crippen molar-refractivity contribution in [3.63, 3.8) is 0 Å². The quantitative estimate of drug-likeness (QED) is 0.638. The van der Waals surface area contributed by atoms with Crippen LogP contribution in [0.25, 0.3) is 10.8 Å². The molecule has 4 rings (SSSR count). The number of likely N-dealkylation sites (tertiary alicyclic amines) is 1. The Hall–Kier alpha value is -2.64. The summed E-state index contributed by atoms with van der Waals surface area (Å²) in [7, 11) is 0. The van der Waals surface area contributed by atoms with Gasteiger partial charge >= 0.3 is 5.97 Å². The van der Waals surface area contributed by atoms with Crippen LogP contribution in [0.2, 0.25) is 0 Å². The molecule has 0 bridgehead atoms. The lowest BCUT2D eigenvalue weighted by Crippen LogP contribution is -2.35. The SMILES string of the molecule is Cc1oc(-c2cccs2)nc1COc1cccc(CN2CCC[C@@H]2C(=O)O)c1. The molecule has 1 aromatic carbocycles. The molecule has 146 valence electrons. The minimum Gasteiger partial charge on any atom is -0.487 e. The maximum atomic E-state index is 11.4. The second kappa shape index (κ2) is 8.16. The van der Waals surface area contributed by atoms with E-state index in [-0.39, 0.29) is 0 Å². The standard InChI is InChI=1S/C21H22N2O4S/c1-14-17(22-20(27-14)19-8-4-10-28-19)13-26-16-6-2-5-15(11-16)12-23-9-3-7-18(23)21(24)25/h2,4-6,8,10-11,18H,3,7,9,12-13H2,1H3,(H,24,25)/t18-/m1/s1. The van der Waals surface area contributed by atoms with Crippen LogP contribution in [0.3, 0.4) is 0 Å². The van der Waals surface area contributed by atoms with Crippen molar-refractivity contribution in [3.05, 3.63) is 58.8 Å². The van der Waals surface area contributed by atoms with Crippen LogP contribution in [0.5, 0.6) is 5.75 Å². The largest absolute Gasteiger partial charge is 0.487 e. The summed E-state index contributed by atoms with van der Waals surface area (Å²) in [6.45, 7) is 3.63. The Labute approximate surface area is 167 Å². The molecular weight excluding hydrogens is 376 g/mol. The zero-order valence-corrected chi connectivity index (χ0v) is 16.4. The number of ether oxygens (including phenoxy) is 1. The number of carbonyl (C=O) groups is 1. The van der Waals surface area contributed by atoms with E-state index in [1.807, 2.05) is 53.6 Å². The Bertz CT molecular complexity index is 951. The van der Waals surface area contributed by atoms with Gasteiger partial charge in [0.25, 0.3) is 0 Å². The Morgan fingerprint density at radius 2 is 2.29 bits per heavy atom. The molecule has 0 aliphatic carbocycles. The van der Waals surface area contributed by atoms with Gasteiger partial charge in [-0.3, -0.25) is 9.69 Å². The van der Waals surface area contributed by atoms with E-state index in [9.17, 15) is 9.90 Å². The zero-order valence-electron chi connectivity index (χ0n) is 15.6. The molecule has 3 aromatic rings. The smallest absolute Gasteiger partial charge is 0.320 e. The van der Waals surface area contributed by atoms with E-state index in [2.05, 4.69) is 4.98 Å². The Morgan fingerprint density at radius 1 is 1.39 bits per heavy atom. The van der Waals surface area contributed by atoms with Crippen molar-refractivity contribution in [3.8, 4) is 16.5 Å². The van der Waals surface area contributed by atoms with E-state index in [4.69, 9.17) is 9.15 Å². The van der Waals surface area contributed by atoms with Gasteiger partial charge in [-0.25, -0.2) is 4.98 Å². The van der Waals surface area contributed by atoms with Crippen LogP contribution in [-0.2, 0) is 17.9 Å². The highest BCUT2D eigenvalue weighted by Crippen LogP contribution is 2.27. The average molecular weight is 398 g/mol. The van der Waals surface area contributed by atoms with E-state index in [1.54, 1.807) is 11.3 Å². The fraction of sp³-hybridized carbons (Fsp3) is 0.333. The highest BCUT2D eigenvalue weighted by atomic mass is 32.1. The van der Waals surface area contributed by atoms with Gasteiger partial charge in [-0.2, -0.15) is 0 Å². The van der Waals surface area contributed by atoms with Gasteiger partial charge in [-0.1, -0.05) is 18.2 Å². The van der Waals surface area contributed by atoms with Gasteiger partial charge in [0.2, 0.25) is 5.89 Å². The van der Waals surface area contributed by atoms with Crippen molar-refractivity contribution in [2.75, 3.05) is 6.54 Å². The molecular formula is C21H22N2O4S. The molecule has 1 fully saturated rings. The third-order valence-corrected chi connectivity index (χ3v) is 5.79. The number of thiophene rings is 1. The van der Waals surface area contributed by atoms with E-state index in [0.29, 0.717) is 25.5 Å². The predicted octanol–water partition coefficient (Wildman–Crippen LogP) is 4.34. The number of rotatable bonds is 7. The molecule has 6 nitrogen and oxygen atoms in total. The summed E-state index contributed by atoms with van der Waals surface area (Å²) in [5.74, 6) is 1.37. The van der Waals surface area contributed by atoms with E-state index in [0.717, 1.165) is 40.6 Å². The summed E-state index contributed by atoms with van der Waals surface area (Å²) in [5.41, 5.74) is 1.82. The van der Waals surface area contributed by atoms with Crippen molar-refractivity contribution < 1.29 is 19.1 Å². The second-order valence-electron chi connectivity index (χ2n) is 6.90. The fourth-order valence-corrected chi connectivity index (χ4v) is 4.13. The number of aliphatic carboxylic acids is 1. The Kier molecular flexibility index (Phi) is 5.45. The lowest BCUT2D eigenvalue weighted by molar-refractivity contribution is -0.142. The van der Waals surface area contributed by atoms with Crippen molar-refractivity contribution in [1.29, 1.82) is 0 Å². The molecule has 3 heterocycles. The lowest BCUT2D eigenvalue weighted by Gasteiger charge is -2.21. The maximum Gasteiger partial charge on any atom is 0.320 e. The molecule has 1 N–H and O–H groups in total. The van der Waals surface area contributed by atoms with Crippen LogP contribution >= 0.6 is 11.3 Å². The molecule has 7 heteroatoms. The summed E-state index contributed by atoms with van der Waals surface area (Å²) in [6.07, 6.45) is 1.63. The number of aryl methyl sites for hydroxylation is 1. The van der Waals surface area contributed by atoms with Crippen LogP contribution < -0.4 is 4.74 Å². The predicted molar refractivity (Wildman–Crippen MR) is 106 cm³/mol. The molecule has 0 unspecified atom stereocenters. The molecule has 1 aliphatic rings. The highest BCUT2D eigenvalue weighted by Gasteiger charge is 2.30. The fourth-order valence-electron chi connectivity index (χ4n) is 3.48. The minimum atomic E-state index is -0.743. The first kappa shape index (κ1) is 18.7. The summed E-state index contributed by atoms with van der Waals surface area (Å²) in [6, 6.07) is 11.4. The molecule has 1 atom stereocenters. The van der Waals surface area contributed by atoms with Gasteiger partial charge in [0, 0.05) is 6.54 Å². The molecule has 0 amide bonds. The normalized spacial score (nSPS) is 17.1. The van der Waals surface area contributed by atoms with Crippen molar-refractivity contribution in [2.24, 2.45) is 0 Å². The average Bonchev–Trinajstić information content (AvgIpc) is 3.41. The number of nitrogens with zero attached hydrogens (tertiary/aromatic N) is 2. The van der Waals surface area contributed by atoms with Crippen molar-refractivity contribution >= 4 is 17.3 Å². The summed E-state index contributed by atoms with van der Waals surface area (Å²) in [5, 5.41) is 11.3. The van der Waals surface area contributed by atoms with Crippen molar-refractivity contribution in [1.82, 2.24) is 9.88 Å². The summed E-state index contributed by atoms with van der Waals surface area (Å²) >= 11 is 1.59. The van der Waals surface area contributed by atoms with Crippen LogP contribution in [0, 0.1) is 6.92 Å². The Balaban J connectivity index is 1.41. The zero-order chi connectivity index (χ0) is 19.5. The van der Waals surface area contributed by atoms with Crippen LogP contribution in [0.4, 0.5) is 0 Å². The monoisotopic (exact) mass is 398 g/mol. The molecule has 0 spiro atoms. The number of oxazole rings is 1. The number of aromatic nitrogens is 1. The third-order valence-electron chi connectivity index (χ3n) is 4.93. The van der Waals surface area contributed by atoms with Gasteiger partial charge in [-0.05, 0) is 55.5 Å². The number of carboxylic acids is 1. The van der Waals surface area contributed by atoms with Crippen LogP contribution in [-0.4, -0.2) is 33.5 Å². The van der Waals surface area contributed by atoms with E-state index < -0.39 is 12.0 Å². The molecule has 2 aromatic heterocycles. The first-order valence-corrected chi connectivity index (χ1v) is 10.2. The van der Waals surface area contributed by atoms with Gasteiger partial charge in [-0.15, -0.1) is 11.3 Å². The molecule has 1 saturated heterocycles. The molecule has 28 heavy (non-hydrogen) atoms. The highest BCUT2D eigenvalue weighted by molar-refractivity contribution is 7.13. The molecule has 0 radical (unpaired) electrons. The van der Waals surface area contributed by atoms with Crippen molar-refractivity contribution in [2.45, 2.75) is 39.0 Å². The Morgan fingerprint density at radius 3 is 3.07 bits per heavy atom. The van der Waals surface area contributed by atoms with E-state index >= 15 is 0 Å². The number of hydrogen-bond acceptors (Lipinski definition) is 6. The molecule has 1 aliphatic heterocycles. The van der Waals surface area contributed by atoms with E-state index in [1.165, 1.54) is 0 Å².